The molecule has 0 radical (unpaired) electrons. The highest BCUT2D eigenvalue weighted by Gasteiger charge is 2.51. The fourth-order valence-corrected chi connectivity index (χ4v) is 2.95. The standard InChI is InChI=1S/C12H25NO3/c1-11(14,10(15-2)16-3)12(9-13)7-5-4-6-8-12/h10,14H,4-9,13H2,1-3H3. The number of aliphatic hydroxyl groups is 1. The summed E-state index contributed by atoms with van der Waals surface area (Å²) < 4.78 is 10.4. The SMILES string of the molecule is COC(OC)C(C)(O)C1(CN)CCCCC1. The Bertz CT molecular complexity index is 208. The molecule has 1 saturated carbocycles. The smallest absolute Gasteiger partial charge is 0.185 e. The molecule has 0 aliphatic heterocycles. The second kappa shape index (κ2) is 5.45. The highest BCUT2D eigenvalue weighted by atomic mass is 16.7. The summed E-state index contributed by atoms with van der Waals surface area (Å²) in [6.07, 6.45) is 4.73. The fourth-order valence-electron chi connectivity index (χ4n) is 2.95. The van der Waals surface area contributed by atoms with Crippen molar-refractivity contribution < 1.29 is 14.6 Å². The second-order valence-electron chi connectivity index (χ2n) is 5.00. The van der Waals surface area contributed by atoms with Gasteiger partial charge in [-0.25, -0.2) is 0 Å². The van der Waals surface area contributed by atoms with Gasteiger partial charge in [0.1, 0.15) is 5.60 Å². The van der Waals surface area contributed by atoms with E-state index in [1.54, 1.807) is 21.1 Å². The van der Waals surface area contributed by atoms with Crippen molar-refractivity contribution in [3.63, 3.8) is 0 Å². The number of hydrogen-bond acceptors (Lipinski definition) is 4. The molecule has 3 N–H and O–H groups in total. The first-order chi connectivity index (χ1) is 7.54. The van der Waals surface area contributed by atoms with Crippen LogP contribution < -0.4 is 5.73 Å². The van der Waals surface area contributed by atoms with Gasteiger partial charge in [-0.2, -0.15) is 0 Å². The Kier molecular flexibility index (Phi) is 4.73. The van der Waals surface area contributed by atoms with E-state index in [1.807, 2.05) is 0 Å². The van der Waals surface area contributed by atoms with Crippen LogP contribution in [-0.2, 0) is 9.47 Å². The molecule has 1 atom stereocenters. The van der Waals surface area contributed by atoms with Crippen LogP contribution in [0.5, 0.6) is 0 Å². The van der Waals surface area contributed by atoms with Gasteiger partial charge >= 0.3 is 0 Å². The third-order valence-electron chi connectivity index (χ3n) is 4.16. The average Bonchev–Trinajstić information content (AvgIpc) is 2.31. The van der Waals surface area contributed by atoms with Crippen LogP contribution in [-0.4, -0.2) is 37.8 Å². The van der Waals surface area contributed by atoms with E-state index in [0.29, 0.717) is 6.54 Å². The highest BCUT2D eigenvalue weighted by Crippen LogP contribution is 2.46. The molecule has 4 nitrogen and oxygen atoms in total. The van der Waals surface area contributed by atoms with Crippen molar-refractivity contribution >= 4 is 0 Å². The van der Waals surface area contributed by atoms with Crippen molar-refractivity contribution in [3.05, 3.63) is 0 Å². The molecule has 16 heavy (non-hydrogen) atoms. The lowest BCUT2D eigenvalue weighted by atomic mass is 9.63. The van der Waals surface area contributed by atoms with E-state index in [0.717, 1.165) is 25.7 Å². The summed E-state index contributed by atoms with van der Waals surface area (Å²) in [4.78, 5) is 0. The Hall–Kier alpha value is -0.160. The van der Waals surface area contributed by atoms with Crippen LogP contribution in [0, 0.1) is 5.41 Å². The molecule has 96 valence electrons. The third-order valence-corrected chi connectivity index (χ3v) is 4.16. The zero-order valence-electron chi connectivity index (χ0n) is 10.7. The van der Waals surface area contributed by atoms with Gasteiger partial charge in [-0.3, -0.25) is 0 Å². The molecule has 0 aromatic heterocycles. The maximum Gasteiger partial charge on any atom is 0.185 e. The molecule has 0 aromatic carbocycles. The van der Waals surface area contributed by atoms with E-state index in [2.05, 4.69) is 0 Å². The van der Waals surface area contributed by atoms with Crippen LogP contribution in [0.25, 0.3) is 0 Å². The Morgan fingerprint density at radius 1 is 1.25 bits per heavy atom. The van der Waals surface area contributed by atoms with Gasteiger partial charge in [0, 0.05) is 26.2 Å². The van der Waals surface area contributed by atoms with E-state index < -0.39 is 11.9 Å². The van der Waals surface area contributed by atoms with Crippen LogP contribution in [0.15, 0.2) is 0 Å². The number of methoxy groups -OCH3 is 2. The molecule has 0 aromatic rings. The van der Waals surface area contributed by atoms with E-state index in [4.69, 9.17) is 15.2 Å². The first kappa shape index (κ1) is 13.9. The molecule has 0 amide bonds. The molecule has 0 heterocycles. The van der Waals surface area contributed by atoms with Gasteiger partial charge in [-0.05, 0) is 19.8 Å². The van der Waals surface area contributed by atoms with Crippen LogP contribution in [0.3, 0.4) is 0 Å². The number of hydrogen-bond donors (Lipinski definition) is 2. The summed E-state index contributed by atoms with van der Waals surface area (Å²) in [7, 11) is 3.10. The average molecular weight is 231 g/mol. The monoisotopic (exact) mass is 231 g/mol. The predicted octanol–water partition coefficient (Wildman–Crippen LogP) is 1.27. The molecule has 0 saturated heterocycles. The largest absolute Gasteiger partial charge is 0.384 e. The summed E-state index contributed by atoms with van der Waals surface area (Å²) in [5.41, 5.74) is 4.59. The van der Waals surface area contributed by atoms with Crippen molar-refractivity contribution in [2.24, 2.45) is 11.1 Å². The van der Waals surface area contributed by atoms with Gasteiger partial charge in [0.2, 0.25) is 0 Å². The van der Waals surface area contributed by atoms with E-state index in [1.165, 1.54) is 6.42 Å². The number of ether oxygens (including phenoxy) is 2. The minimum Gasteiger partial charge on any atom is -0.384 e. The van der Waals surface area contributed by atoms with Gasteiger partial charge in [0.05, 0.1) is 0 Å². The minimum atomic E-state index is -1.04. The predicted molar refractivity (Wildman–Crippen MR) is 63.0 cm³/mol. The summed E-state index contributed by atoms with van der Waals surface area (Å²) in [6, 6.07) is 0. The van der Waals surface area contributed by atoms with Gasteiger partial charge in [0.25, 0.3) is 0 Å². The molecule has 0 spiro atoms. The first-order valence-corrected chi connectivity index (χ1v) is 6.02. The van der Waals surface area contributed by atoms with Crippen molar-refractivity contribution in [2.75, 3.05) is 20.8 Å². The van der Waals surface area contributed by atoms with Crippen LogP contribution >= 0.6 is 0 Å². The molecule has 1 aliphatic rings. The van der Waals surface area contributed by atoms with Gasteiger partial charge in [-0.15, -0.1) is 0 Å². The molecule has 4 heteroatoms. The summed E-state index contributed by atoms with van der Waals surface area (Å²) >= 11 is 0. The van der Waals surface area contributed by atoms with Crippen molar-refractivity contribution in [3.8, 4) is 0 Å². The lowest BCUT2D eigenvalue weighted by molar-refractivity contribution is -0.255. The van der Waals surface area contributed by atoms with Crippen LogP contribution in [0.2, 0.25) is 0 Å². The zero-order valence-corrected chi connectivity index (χ0v) is 10.7. The van der Waals surface area contributed by atoms with Gasteiger partial charge in [-0.1, -0.05) is 19.3 Å². The van der Waals surface area contributed by atoms with Crippen LogP contribution in [0.4, 0.5) is 0 Å². The molecule has 1 rings (SSSR count). The first-order valence-electron chi connectivity index (χ1n) is 6.02. The second-order valence-corrected chi connectivity index (χ2v) is 5.00. The van der Waals surface area contributed by atoms with Gasteiger partial charge in [0.15, 0.2) is 6.29 Å². The highest BCUT2D eigenvalue weighted by molar-refractivity contribution is 5.00. The molecule has 1 unspecified atom stereocenters. The maximum absolute atomic E-state index is 10.7. The Balaban J connectivity index is 2.91. The molecule has 1 fully saturated rings. The fraction of sp³-hybridized carbons (Fsp3) is 1.00. The van der Waals surface area contributed by atoms with Crippen molar-refractivity contribution in [1.82, 2.24) is 0 Å². The Morgan fingerprint density at radius 3 is 2.12 bits per heavy atom. The third kappa shape index (κ3) is 2.25. The summed E-state index contributed by atoms with van der Waals surface area (Å²) in [5, 5.41) is 10.7. The number of rotatable bonds is 5. The van der Waals surface area contributed by atoms with Crippen LogP contribution in [0.1, 0.15) is 39.0 Å². The topological polar surface area (TPSA) is 64.7 Å². The number of nitrogens with two attached hydrogens (primary N) is 1. The maximum atomic E-state index is 10.7. The quantitative estimate of drug-likeness (QED) is 0.699. The Labute approximate surface area is 98.1 Å². The lowest BCUT2D eigenvalue weighted by Crippen LogP contribution is -2.59. The lowest BCUT2D eigenvalue weighted by Gasteiger charge is -2.49. The molecular weight excluding hydrogens is 206 g/mol. The van der Waals surface area contributed by atoms with E-state index in [-0.39, 0.29) is 5.41 Å². The van der Waals surface area contributed by atoms with Crippen molar-refractivity contribution in [2.45, 2.75) is 50.9 Å². The molecule has 1 aliphatic carbocycles. The van der Waals surface area contributed by atoms with E-state index in [9.17, 15) is 5.11 Å². The summed E-state index contributed by atoms with van der Waals surface area (Å²) in [5.74, 6) is 0. The van der Waals surface area contributed by atoms with E-state index >= 15 is 0 Å². The normalized spacial score (nSPS) is 24.4. The zero-order chi connectivity index (χ0) is 12.2. The Morgan fingerprint density at radius 2 is 1.75 bits per heavy atom. The van der Waals surface area contributed by atoms with Crippen molar-refractivity contribution in [1.29, 1.82) is 0 Å². The molecule has 0 bridgehead atoms. The van der Waals surface area contributed by atoms with Gasteiger partial charge < -0.3 is 20.3 Å². The summed E-state index contributed by atoms with van der Waals surface area (Å²) in [6.45, 7) is 2.26. The minimum absolute atomic E-state index is 0.276. The molecular formula is C12H25NO3.